The summed E-state index contributed by atoms with van der Waals surface area (Å²) in [4.78, 5) is 0. The van der Waals surface area contributed by atoms with Gasteiger partial charge in [-0.1, -0.05) is 29.8 Å². The molecule has 0 nitrogen and oxygen atoms in total. The highest BCUT2D eigenvalue weighted by molar-refractivity contribution is 6.29. The molecule has 0 aliphatic rings. The van der Waals surface area contributed by atoms with E-state index in [0.29, 0.717) is 6.42 Å². The van der Waals surface area contributed by atoms with Gasteiger partial charge in [-0.15, -0.1) is 12.3 Å². The fraction of sp³-hybridized carbons (Fsp3) is 0.333. The van der Waals surface area contributed by atoms with Gasteiger partial charge in [-0.3, -0.25) is 0 Å². The van der Waals surface area contributed by atoms with Crippen LogP contribution in [0.1, 0.15) is 19.8 Å². The lowest BCUT2D eigenvalue weighted by molar-refractivity contribution is 1.32. The van der Waals surface area contributed by atoms with Crippen LogP contribution in [-0.4, -0.2) is 0 Å². The van der Waals surface area contributed by atoms with Crippen molar-refractivity contribution in [2.45, 2.75) is 19.8 Å². The second-order valence-corrected chi connectivity index (χ2v) is 2.50. The molecule has 0 aromatic rings. The van der Waals surface area contributed by atoms with Gasteiger partial charge in [-0.2, -0.15) is 0 Å². The van der Waals surface area contributed by atoms with Crippen LogP contribution in [0, 0.1) is 12.3 Å². The molecule has 0 aromatic heterocycles. The van der Waals surface area contributed by atoms with E-state index in [4.69, 9.17) is 18.0 Å². The molecule has 0 unspecified atom stereocenters. The van der Waals surface area contributed by atoms with E-state index in [1.54, 1.807) is 0 Å². The van der Waals surface area contributed by atoms with Crippen molar-refractivity contribution < 1.29 is 0 Å². The Morgan fingerprint density at radius 3 is 2.80 bits per heavy atom. The normalized spacial score (nSPS) is 11.9. The van der Waals surface area contributed by atoms with Gasteiger partial charge in [0.1, 0.15) is 0 Å². The van der Waals surface area contributed by atoms with E-state index in [2.05, 4.69) is 5.92 Å². The maximum absolute atomic E-state index is 5.58. The Morgan fingerprint density at radius 2 is 2.30 bits per heavy atom. The first-order chi connectivity index (χ1) is 4.77. The van der Waals surface area contributed by atoms with E-state index < -0.39 is 0 Å². The van der Waals surface area contributed by atoms with Gasteiger partial charge in [0.15, 0.2) is 0 Å². The number of terminal acetylenes is 1. The van der Waals surface area contributed by atoms with E-state index in [1.807, 2.05) is 25.2 Å². The third kappa shape index (κ3) is 7.33. The Labute approximate surface area is 67.6 Å². The largest absolute Gasteiger partial charge is 0.120 e. The third-order valence-electron chi connectivity index (χ3n) is 0.938. The fourth-order valence-corrected chi connectivity index (χ4v) is 0.567. The standard InChI is InChI=1S/C9H11Cl/c1-3-4-5-6-7-8-9(2)10/h1,5-6,8H,4,7H2,2H3/b6-5-,9-8+. The van der Waals surface area contributed by atoms with Crippen LogP contribution in [0.4, 0.5) is 0 Å². The van der Waals surface area contributed by atoms with Crippen molar-refractivity contribution >= 4 is 11.6 Å². The van der Waals surface area contributed by atoms with Crippen molar-refractivity contribution in [1.82, 2.24) is 0 Å². The monoisotopic (exact) mass is 154 g/mol. The summed E-state index contributed by atoms with van der Waals surface area (Å²) in [7, 11) is 0. The first-order valence-electron chi connectivity index (χ1n) is 3.18. The molecule has 0 radical (unpaired) electrons. The number of hydrogen-bond acceptors (Lipinski definition) is 0. The van der Waals surface area contributed by atoms with E-state index in [1.165, 1.54) is 0 Å². The van der Waals surface area contributed by atoms with Crippen molar-refractivity contribution in [2.24, 2.45) is 0 Å². The fourth-order valence-electron chi connectivity index (χ4n) is 0.478. The van der Waals surface area contributed by atoms with Crippen molar-refractivity contribution in [3.63, 3.8) is 0 Å². The van der Waals surface area contributed by atoms with Gasteiger partial charge in [0.2, 0.25) is 0 Å². The van der Waals surface area contributed by atoms with Crippen molar-refractivity contribution in [3.8, 4) is 12.3 Å². The summed E-state index contributed by atoms with van der Waals surface area (Å²) in [6.45, 7) is 1.86. The molecular weight excluding hydrogens is 144 g/mol. The summed E-state index contributed by atoms with van der Waals surface area (Å²) >= 11 is 5.58. The van der Waals surface area contributed by atoms with Gasteiger partial charge in [-0.05, 0) is 13.3 Å². The van der Waals surface area contributed by atoms with Crippen LogP contribution >= 0.6 is 11.6 Å². The predicted octanol–water partition coefficient (Wildman–Crippen LogP) is 3.10. The summed E-state index contributed by atoms with van der Waals surface area (Å²) < 4.78 is 0. The zero-order valence-electron chi connectivity index (χ0n) is 6.10. The Hall–Kier alpha value is -0.670. The average Bonchev–Trinajstić information content (AvgIpc) is 1.87. The Bertz CT molecular complexity index is 166. The summed E-state index contributed by atoms with van der Waals surface area (Å²) in [5.41, 5.74) is 0. The maximum Gasteiger partial charge on any atom is 0.0267 e. The molecular formula is C9H11Cl. The van der Waals surface area contributed by atoms with E-state index in [-0.39, 0.29) is 0 Å². The molecule has 10 heavy (non-hydrogen) atoms. The molecule has 0 aliphatic heterocycles. The Balaban J connectivity index is 3.38. The van der Waals surface area contributed by atoms with Crippen LogP contribution in [0.3, 0.4) is 0 Å². The van der Waals surface area contributed by atoms with Crippen molar-refractivity contribution in [3.05, 3.63) is 23.3 Å². The maximum atomic E-state index is 5.58. The van der Waals surface area contributed by atoms with E-state index in [9.17, 15) is 0 Å². The molecule has 0 saturated carbocycles. The lowest BCUT2D eigenvalue weighted by Crippen LogP contribution is -1.61. The molecule has 0 N–H and O–H groups in total. The second-order valence-electron chi connectivity index (χ2n) is 1.91. The summed E-state index contributed by atoms with van der Waals surface area (Å²) in [5, 5.41) is 0.824. The lowest BCUT2D eigenvalue weighted by Gasteiger charge is -1.82. The van der Waals surface area contributed by atoms with Crippen LogP contribution in [0.25, 0.3) is 0 Å². The lowest BCUT2D eigenvalue weighted by atomic mass is 10.3. The SMILES string of the molecule is C#CC/C=C\C/C=C(\C)Cl. The van der Waals surface area contributed by atoms with Crippen molar-refractivity contribution in [2.75, 3.05) is 0 Å². The van der Waals surface area contributed by atoms with Crippen LogP contribution in [0.2, 0.25) is 0 Å². The van der Waals surface area contributed by atoms with Gasteiger partial charge < -0.3 is 0 Å². The molecule has 0 atom stereocenters. The minimum atomic E-state index is 0.704. The highest BCUT2D eigenvalue weighted by atomic mass is 35.5. The molecule has 0 rings (SSSR count). The highest BCUT2D eigenvalue weighted by Gasteiger charge is 1.75. The van der Waals surface area contributed by atoms with Crippen LogP contribution in [0.5, 0.6) is 0 Å². The molecule has 0 heterocycles. The molecule has 0 fully saturated rings. The summed E-state index contributed by atoms with van der Waals surface area (Å²) in [6.07, 6.45) is 12.5. The van der Waals surface area contributed by atoms with Gasteiger partial charge in [-0.25, -0.2) is 0 Å². The van der Waals surface area contributed by atoms with Gasteiger partial charge in [0.25, 0.3) is 0 Å². The van der Waals surface area contributed by atoms with Gasteiger partial charge >= 0.3 is 0 Å². The first-order valence-corrected chi connectivity index (χ1v) is 3.56. The zero-order valence-corrected chi connectivity index (χ0v) is 6.86. The number of halogens is 1. The first kappa shape index (κ1) is 9.33. The van der Waals surface area contributed by atoms with Gasteiger partial charge in [0.05, 0.1) is 0 Å². The smallest absolute Gasteiger partial charge is 0.0267 e. The minimum Gasteiger partial charge on any atom is -0.120 e. The summed E-state index contributed by atoms with van der Waals surface area (Å²) in [5.74, 6) is 2.52. The third-order valence-corrected chi connectivity index (χ3v) is 1.09. The predicted molar refractivity (Wildman–Crippen MR) is 46.8 cm³/mol. The van der Waals surface area contributed by atoms with Crippen molar-refractivity contribution in [1.29, 1.82) is 0 Å². The number of hydrogen-bond donors (Lipinski definition) is 0. The highest BCUT2D eigenvalue weighted by Crippen LogP contribution is 2.00. The minimum absolute atomic E-state index is 0.704. The average molecular weight is 155 g/mol. The van der Waals surface area contributed by atoms with Crippen LogP contribution in [-0.2, 0) is 0 Å². The molecule has 0 amide bonds. The molecule has 0 spiro atoms. The Morgan fingerprint density at radius 1 is 1.60 bits per heavy atom. The van der Waals surface area contributed by atoms with Crippen LogP contribution < -0.4 is 0 Å². The zero-order chi connectivity index (χ0) is 7.82. The topological polar surface area (TPSA) is 0 Å². The molecule has 0 aromatic carbocycles. The molecule has 1 heteroatoms. The number of allylic oxidation sites excluding steroid dienone is 4. The quantitative estimate of drug-likeness (QED) is 0.433. The number of rotatable bonds is 3. The molecule has 0 saturated heterocycles. The van der Waals surface area contributed by atoms with E-state index in [0.717, 1.165) is 11.5 Å². The molecule has 0 bridgehead atoms. The summed E-state index contributed by atoms with van der Waals surface area (Å²) in [6, 6.07) is 0. The van der Waals surface area contributed by atoms with Crippen LogP contribution in [0.15, 0.2) is 23.3 Å². The molecule has 54 valence electrons. The van der Waals surface area contributed by atoms with E-state index >= 15 is 0 Å². The second kappa shape index (κ2) is 6.45. The molecule has 0 aliphatic carbocycles. The Kier molecular flexibility index (Phi) is 6.02. The van der Waals surface area contributed by atoms with Gasteiger partial charge in [0, 0.05) is 11.5 Å².